The first kappa shape index (κ1) is 18.1. The van der Waals surface area contributed by atoms with E-state index in [-0.39, 0.29) is 42.7 Å². The minimum absolute atomic E-state index is 0.163. The lowest BCUT2D eigenvalue weighted by Gasteiger charge is -2.33. The first-order valence-corrected chi connectivity index (χ1v) is 9.42. The average molecular weight is 378 g/mol. The summed E-state index contributed by atoms with van der Waals surface area (Å²) in [6, 6.07) is 9.62. The lowest BCUT2D eigenvalue weighted by molar-refractivity contribution is -0.135. The molecule has 9 nitrogen and oxygen atoms in total. The minimum atomic E-state index is -3.57. The summed E-state index contributed by atoms with van der Waals surface area (Å²) in [6.07, 6.45) is 1.41. The molecule has 1 aliphatic heterocycles. The molecule has 0 bridgehead atoms. The lowest BCUT2D eigenvalue weighted by atomic mass is 10.3. The van der Waals surface area contributed by atoms with Gasteiger partial charge in [0, 0.05) is 32.4 Å². The van der Waals surface area contributed by atoms with E-state index in [0.29, 0.717) is 0 Å². The zero-order valence-electron chi connectivity index (χ0n) is 13.9. The molecule has 1 aromatic heterocycles. The number of nitrogens with one attached hydrogen (secondary N) is 1. The van der Waals surface area contributed by atoms with Gasteiger partial charge in [0.2, 0.25) is 10.0 Å². The monoisotopic (exact) mass is 378 g/mol. The van der Waals surface area contributed by atoms with Crippen molar-refractivity contribution >= 4 is 21.9 Å². The Labute approximate surface area is 150 Å². The van der Waals surface area contributed by atoms with E-state index >= 15 is 0 Å². The number of carbonyl (C=O) groups excluding carboxylic acids is 2. The maximum absolute atomic E-state index is 12.6. The minimum Gasteiger partial charge on any atom is -0.451 e. The Morgan fingerprint density at radius 1 is 1.08 bits per heavy atom. The maximum Gasteiger partial charge on any atom is 0.356 e. The summed E-state index contributed by atoms with van der Waals surface area (Å²) in [7, 11) is -3.57. The highest BCUT2D eigenvalue weighted by Gasteiger charge is 2.30. The number of rotatable bonds is 5. The summed E-state index contributed by atoms with van der Waals surface area (Å²) in [5.41, 5.74) is 0.163. The van der Waals surface area contributed by atoms with Gasteiger partial charge in [-0.15, -0.1) is 0 Å². The molecule has 10 heteroatoms. The molecule has 1 aliphatic rings. The number of nitrogens with zero attached hydrogens (tertiary/aromatic N) is 3. The molecule has 1 amide bonds. The number of aromatic amines is 1. The smallest absolute Gasteiger partial charge is 0.356 e. The van der Waals surface area contributed by atoms with Crippen LogP contribution >= 0.6 is 0 Å². The molecular formula is C16H18N4O5S. The summed E-state index contributed by atoms with van der Waals surface area (Å²) in [4.78, 5) is 25.5. The highest BCUT2D eigenvalue weighted by molar-refractivity contribution is 7.89. The van der Waals surface area contributed by atoms with E-state index in [1.807, 2.05) is 0 Å². The van der Waals surface area contributed by atoms with E-state index < -0.39 is 22.6 Å². The number of sulfonamides is 1. The SMILES string of the molecule is O=C(OCC(=O)N1CCN(S(=O)(=O)c2ccccc2)CC1)c1ccn[nH]1. The van der Waals surface area contributed by atoms with E-state index in [9.17, 15) is 18.0 Å². The van der Waals surface area contributed by atoms with Crippen molar-refractivity contribution in [3.63, 3.8) is 0 Å². The Kier molecular flexibility index (Phi) is 5.33. The van der Waals surface area contributed by atoms with Gasteiger partial charge in [-0.2, -0.15) is 9.40 Å². The predicted molar refractivity (Wildman–Crippen MR) is 90.7 cm³/mol. The van der Waals surface area contributed by atoms with Crippen molar-refractivity contribution in [3.05, 3.63) is 48.3 Å². The van der Waals surface area contributed by atoms with Gasteiger partial charge in [0.05, 0.1) is 4.90 Å². The quantitative estimate of drug-likeness (QED) is 0.739. The lowest BCUT2D eigenvalue weighted by Crippen LogP contribution is -2.51. The maximum atomic E-state index is 12.6. The highest BCUT2D eigenvalue weighted by Crippen LogP contribution is 2.17. The third-order valence-corrected chi connectivity index (χ3v) is 5.93. The fraction of sp³-hybridized carbons (Fsp3) is 0.312. The topological polar surface area (TPSA) is 113 Å². The van der Waals surface area contributed by atoms with Crippen LogP contribution in [-0.2, 0) is 19.6 Å². The first-order valence-electron chi connectivity index (χ1n) is 7.98. The normalized spacial score (nSPS) is 15.6. The van der Waals surface area contributed by atoms with Gasteiger partial charge in [-0.25, -0.2) is 13.2 Å². The molecule has 0 saturated carbocycles. The van der Waals surface area contributed by atoms with Gasteiger partial charge in [-0.3, -0.25) is 9.89 Å². The second kappa shape index (κ2) is 7.67. The Balaban J connectivity index is 1.52. The van der Waals surface area contributed by atoms with E-state index in [1.54, 1.807) is 30.3 Å². The van der Waals surface area contributed by atoms with Crippen molar-refractivity contribution in [2.45, 2.75) is 4.90 Å². The Bertz CT molecular complexity index is 859. The number of H-pyrrole nitrogens is 1. The molecule has 0 unspecified atom stereocenters. The standard InChI is InChI=1S/C16H18N4O5S/c21-15(12-25-16(22)14-6-7-17-18-14)19-8-10-20(11-9-19)26(23,24)13-4-2-1-3-5-13/h1-7H,8-12H2,(H,17,18). The third-order valence-electron chi connectivity index (χ3n) is 4.02. The van der Waals surface area contributed by atoms with Crippen LogP contribution in [0, 0.1) is 0 Å². The Morgan fingerprint density at radius 3 is 2.38 bits per heavy atom. The second-order valence-electron chi connectivity index (χ2n) is 5.64. The van der Waals surface area contributed by atoms with Crippen molar-refractivity contribution in [2.75, 3.05) is 32.8 Å². The summed E-state index contributed by atoms with van der Waals surface area (Å²) in [5.74, 6) is -1.03. The third kappa shape index (κ3) is 3.92. The molecule has 26 heavy (non-hydrogen) atoms. The predicted octanol–water partition coefficient (Wildman–Crippen LogP) is 0.0996. The Hall–Kier alpha value is -2.72. The van der Waals surface area contributed by atoms with Crippen LogP contribution in [0.2, 0.25) is 0 Å². The molecule has 2 aromatic rings. The van der Waals surface area contributed by atoms with Gasteiger partial charge in [0.1, 0.15) is 5.69 Å². The van der Waals surface area contributed by atoms with Crippen LogP contribution in [0.4, 0.5) is 0 Å². The van der Waals surface area contributed by atoms with Crippen LogP contribution in [0.3, 0.4) is 0 Å². The van der Waals surface area contributed by atoms with Crippen molar-refractivity contribution in [1.82, 2.24) is 19.4 Å². The van der Waals surface area contributed by atoms with Crippen molar-refractivity contribution < 1.29 is 22.7 Å². The number of ether oxygens (including phenoxy) is 1. The van der Waals surface area contributed by atoms with Crippen molar-refractivity contribution in [3.8, 4) is 0 Å². The zero-order chi connectivity index (χ0) is 18.6. The van der Waals surface area contributed by atoms with E-state index in [0.717, 1.165) is 0 Å². The van der Waals surface area contributed by atoms with Gasteiger partial charge in [-0.05, 0) is 18.2 Å². The summed E-state index contributed by atoms with van der Waals surface area (Å²) < 4.78 is 31.4. The fourth-order valence-corrected chi connectivity index (χ4v) is 4.03. The van der Waals surface area contributed by atoms with Crippen molar-refractivity contribution in [2.24, 2.45) is 0 Å². The number of amides is 1. The van der Waals surface area contributed by atoms with Gasteiger partial charge in [0.25, 0.3) is 5.91 Å². The average Bonchev–Trinajstić information content (AvgIpc) is 3.21. The number of benzene rings is 1. The van der Waals surface area contributed by atoms with Gasteiger partial charge in [0.15, 0.2) is 6.61 Å². The van der Waals surface area contributed by atoms with Crippen LogP contribution < -0.4 is 0 Å². The van der Waals surface area contributed by atoms with Crippen molar-refractivity contribution in [1.29, 1.82) is 0 Å². The molecule has 0 radical (unpaired) electrons. The summed E-state index contributed by atoms with van der Waals surface area (Å²) in [5, 5.41) is 6.09. The molecule has 138 valence electrons. The number of esters is 1. The molecule has 3 rings (SSSR count). The number of piperazine rings is 1. The number of carbonyl (C=O) groups is 2. The zero-order valence-corrected chi connectivity index (χ0v) is 14.7. The number of aromatic nitrogens is 2. The fourth-order valence-electron chi connectivity index (χ4n) is 2.59. The molecule has 2 heterocycles. The summed E-state index contributed by atoms with van der Waals surface area (Å²) in [6.45, 7) is 0.469. The van der Waals surface area contributed by atoms with Gasteiger partial charge in [-0.1, -0.05) is 18.2 Å². The molecule has 1 fully saturated rings. The molecule has 0 aliphatic carbocycles. The second-order valence-corrected chi connectivity index (χ2v) is 7.58. The molecule has 0 spiro atoms. The van der Waals surface area contributed by atoms with Gasteiger partial charge >= 0.3 is 5.97 Å². The molecule has 1 aromatic carbocycles. The summed E-state index contributed by atoms with van der Waals surface area (Å²) >= 11 is 0. The number of hydrogen-bond acceptors (Lipinski definition) is 6. The molecule has 1 N–H and O–H groups in total. The first-order chi connectivity index (χ1) is 12.5. The van der Waals surface area contributed by atoms with E-state index in [1.165, 1.54) is 21.5 Å². The Morgan fingerprint density at radius 2 is 1.77 bits per heavy atom. The largest absolute Gasteiger partial charge is 0.451 e. The molecular weight excluding hydrogens is 360 g/mol. The van der Waals surface area contributed by atoms with Crippen LogP contribution in [0.5, 0.6) is 0 Å². The van der Waals surface area contributed by atoms with E-state index in [4.69, 9.17) is 4.74 Å². The van der Waals surface area contributed by atoms with Crippen LogP contribution in [0.15, 0.2) is 47.5 Å². The van der Waals surface area contributed by atoms with Gasteiger partial charge < -0.3 is 9.64 Å². The highest BCUT2D eigenvalue weighted by atomic mass is 32.2. The van der Waals surface area contributed by atoms with Crippen LogP contribution in [0.25, 0.3) is 0 Å². The molecule has 0 atom stereocenters. The van der Waals surface area contributed by atoms with E-state index in [2.05, 4.69) is 10.2 Å². The van der Waals surface area contributed by atoms with Crippen LogP contribution in [-0.4, -0.2) is 72.5 Å². The van der Waals surface area contributed by atoms with Crippen LogP contribution in [0.1, 0.15) is 10.5 Å². The number of hydrogen-bond donors (Lipinski definition) is 1. The molecule has 1 saturated heterocycles.